The summed E-state index contributed by atoms with van der Waals surface area (Å²) in [4.78, 5) is 30.8. The maximum absolute atomic E-state index is 12.8. The first kappa shape index (κ1) is 20.9. The molecule has 1 saturated heterocycles. The van der Waals surface area contributed by atoms with E-state index in [1.807, 2.05) is 35.2 Å². The fraction of sp³-hybridized carbons (Fsp3) is 0.417. The van der Waals surface area contributed by atoms with E-state index in [2.05, 4.69) is 43.0 Å². The van der Waals surface area contributed by atoms with Crippen LogP contribution in [0.5, 0.6) is 0 Å². The van der Waals surface area contributed by atoms with E-state index in [1.165, 1.54) is 5.69 Å². The Balaban J connectivity index is 1.56. The number of nitrogens with zero attached hydrogens (tertiary/aromatic N) is 3. The molecule has 0 spiro atoms. The summed E-state index contributed by atoms with van der Waals surface area (Å²) in [6.45, 7) is 5.86. The van der Waals surface area contributed by atoms with Gasteiger partial charge in [-0.05, 0) is 50.1 Å². The second-order valence-corrected chi connectivity index (χ2v) is 8.14. The number of carbonyl (C=O) groups excluding carboxylic acids is 2. The smallest absolute Gasteiger partial charge is 0.253 e. The van der Waals surface area contributed by atoms with Crippen LogP contribution in [0.2, 0.25) is 0 Å². The number of amides is 2. The second-order valence-electron chi connectivity index (χ2n) is 8.14. The van der Waals surface area contributed by atoms with E-state index < -0.39 is 0 Å². The molecule has 0 saturated carbocycles. The van der Waals surface area contributed by atoms with Crippen molar-refractivity contribution in [1.82, 2.24) is 9.80 Å². The van der Waals surface area contributed by atoms with Crippen molar-refractivity contribution < 1.29 is 9.59 Å². The van der Waals surface area contributed by atoms with Gasteiger partial charge in [0.2, 0.25) is 5.91 Å². The minimum atomic E-state index is -0.00751. The van der Waals surface area contributed by atoms with Gasteiger partial charge < -0.3 is 14.7 Å². The normalized spacial score (nSPS) is 19.2. The van der Waals surface area contributed by atoms with Gasteiger partial charge in [0.1, 0.15) is 0 Å². The molecule has 5 heteroatoms. The first-order valence-corrected chi connectivity index (χ1v) is 10.3. The summed E-state index contributed by atoms with van der Waals surface area (Å²) < 4.78 is 0. The Morgan fingerprint density at radius 2 is 1.52 bits per heavy atom. The summed E-state index contributed by atoms with van der Waals surface area (Å²) in [5.74, 6) is 0.191. The molecule has 29 heavy (non-hydrogen) atoms. The third-order valence-electron chi connectivity index (χ3n) is 5.56. The van der Waals surface area contributed by atoms with Gasteiger partial charge in [0, 0.05) is 56.9 Å². The molecule has 0 N–H and O–H groups in total. The van der Waals surface area contributed by atoms with Crippen LogP contribution in [0.4, 0.5) is 5.69 Å². The minimum Gasteiger partial charge on any atom is -0.363 e. The molecule has 1 fully saturated rings. The van der Waals surface area contributed by atoms with Gasteiger partial charge in [-0.25, -0.2) is 0 Å². The maximum Gasteiger partial charge on any atom is 0.253 e. The molecule has 2 aromatic rings. The highest BCUT2D eigenvalue weighted by atomic mass is 16.2. The summed E-state index contributed by atoms with van der Waals surface area (Å²) in [6, 6.07) is 18.5. The van der Waals surface area contributed by atoms with Crippen molar-refractivity contribution in [3.63, 3.8) is 0 Å². The van der Waals surface area contributed by atoms with Gasteiger partial charge in [-0.15, -0.1) is 0 Å². The lowest BCUT2D eigenvalue weighted by Crippen LogP contribution is -2.58. The van der Waals surface area contributed by atoms with E-state index >= 15 is 0 Å². The van der Waals surface area contributed by atoms with Crippen molar-refractivity contribution in [2.24, 2.45) is 0 Å². The zero-order valence-corrected chi connectivity index (χ0v) is 17.8. The van der Waals surface area contributed by atoms with E-state index in [9.17, 15) is 9.59 Å². The van der Waals surface area contributed by atoms with Crippen molar-refractivity contribution >= 4 is 17.5 Å². The first-order valence-electron chi connectivity index (χ1n) is 10.3. The van der Waals surface area contributed by atoms with E-state index in [-0.39, 0.29) is 23.9 Å². The van der Waals surface area contributed by atoms with Crippen LogP contribution in [0, 0.1) is 0 Å². The van der Waals surface area contributed by atoms with E-state index in [0.717, 1.165) is 18.7 Å². The number of anilines is 1. The predicted octanol–water partition coefficient (Wildman–Crippen LogP) is 3.45. The molecule has 0 bridgehead atoms. The van der Waals surface area contributed by atoms with Crippen LogP contribution in [0.1, 0.15) is 36.2 Å². The fourth-order valence-electron chi connectivity index (χ4n) is 4.12. The predicted molar refractivity (Wildman–Crippen MR) is 117 cm³/mol. The number of hydrogen-bond acceptors (Lipinski definition) is 3. The molecule has 0 aliphatic carbocycles. The second kappa shape index (κ2) is 9.12. The zero-order chi connectivity index (χ0) is 21.0. The zero-order valence-electron chi connectivity index (χ0n) is 17.8. The van der Waals surface area contributed by atoms with Crippen LogP contribution in [0.15, 0.2) is 54.6 Å². The Morgan fingerprint density at radius 1 is 0.931 bits per heavy atom. The molecule has 1 aliphatic heterocycles. The lowest BCUT2D eigenvalue weighted by molar-refractivity contribution is -0.132. The monoisotopic (exact) mass is 393 g/mol. The molecular weight excluding hydrogens is 362 g/mol. The SMILES string of the molecule is CC1CN(C(=O)CCc2ccc(C(=O)N(C)C)cc2)CC(C)N1c1ccccc1. The number of rotatable bonds is 5. The number of carbonyl (C=O) groups is 2. The third kappa shape index (κ3) is 4.97. The molecule has 0 radical (unpaired) electrons. The average Bonchev–Trinajstić information content (AvgIpc) is 2.72. The molecule has 0 aromatic heterocycles. The molecule has 2 atom stereocenters. The van der Waals surface area contributed by atoms with Crippen molar-refractivity contribution in [1.29, 1.82) is 0 Å². The van der Waals surface area contributed by atoms with Crippen LogP contribution in [-0.2, 0) is 11.2 Å². The van der Waals surface area contributed by atoms with Crippen LogP contribution >= 0.6 is 0 Å². The van der Waals surface area contributed by atoms with E-state index in [4.69, 9.17) is 0 Å². The molecule has 3 rings (SSSR count). The minimum absolute atomic E-state index is 0.00751. The molecular formula is C24H31N3O2. The molecule has 2 amide bonds. The Kier molecular flexibility index (Phi) is 6.57. The van der Waals surface area contributed by atoms with E-state index in [0.29, 0.717) is 18.4 Å². The average molecular weight is 394 g/mol. The van der Waals surface area contributed by atoms with Gasteiger partial charge in [-0.2, -0.15) is 0 Å². The molecule has 2 unspecified atom stereocenters. The molecule has 154 valence electrons. The lowest BCUT2D eigenvalue weighted by Gasteiger charge is -2.46. The van der Waals surface area contributed by atoms with Crippen molar-refractivity contribution in [3.05, 3.63) is 65.7 Å². The number of hydrogen-bond donors (Lipinski definition) is 0. The Morgan fingerprint density at radius 3 is 2.07 bits per heavy atom. The molecule has 2 aromatic carbocycles. The van der Waals surface area contributed by atoms with Crippen LogP contribution in [-0.4, -0.2) is 60.9 Å². The Hall–Kier alpha value is -2.82. The maximum atomic E-state index is 12.8. The topological polar surface area (TPSA) is 43.9 Å². The van der Waals surface area contributed by atoms with E-state index in [1.54, 1.807) is 19.0 Å². The third-order valence-corrected chi connectivity index (χ3v) is 5.56. The largest absolute Gasteiger partial charge is 0.363 e. The van der Waals surface area contributed by atoms with Crippen LogP contribution in [0.25, 0.3) is 0 Å². The first-order chi connectivity index (χ1) is 13.9. The summed E-state index contributed by atoms with van der Waals surface area (Å²) >= 11 is 0. The van der Waals surface area contributed by atoms with Crippen LogP contribution in [0.3, 0.4) is 0 Å². The summed E-state index contributed by atoms with van der Waals surface area (Å²) in [7, 11) is 3.49. The van der Waals surface area contributed by atoms with Gasteiger partial charge >= 0.3 is 0 Å². The van der Waals surface area contributed by atoms with Gasteiger partial charge in [0.25, 0.3) is 5.91 Å². The van der Waals surface area contributed by atoms with Gasteiger partial charge in [-0.3, -0.25) is 9.59 Å². The molecule has 1 aliphatic rings. The summed E-state index contributed by atoms with van der Waals surface area (Å²) in [5, 5.41) is 0. The number of benzene rings is 2. The quantitative estimate of drug-likeness (QED) is 0.782. The Bertz CT molecular complexity index is 821. The van der Waals surface area contributed by atoms with Crippen molar-refractivity contribution in [2.45, 2.75) is 38.8 Å². The molecule has 5 nitrogen and oxygen atoms in total. The standard InChI is InChI=1S/C24H31N3O2/c1-18-16-26(17-19(2)27(18)22-8-6-5-7-9-22)23(28)15-12-20-10-13-21(14-11-20)24(29)25(3)4/h5-11,13-14,18-19H,12,15-17H2,1-4H3. The van der Waals surface area contributed by atoms with Crippen molar-refractivity contribution in [3.8, 4) is 0 Å². The highest BCUT2D eigenvalue weighted by molar-refractivity contribution is 5.93. The highest BCUT2D eigenvalue weighted by Crippen LogP contribution is 2.24. The van der Waals surface area contributed by atoms with Gasteiger partial charge in [0.15, 0.2) is 0 Å². The van der Waals surface area contributed by atoms with Gasteiger partial charge in [0.05, 0.1) is 0 Å². The van der Waals surface area contributed by atoms with Gasteiger partial charge in [-0.1, -0.05) is 30.3 Å². The molecule has 1 heterocycles. The lowest BCUT2D eigenvalue weighted by atomic mass is 10.0. The highest BCUT2D eigenvalue weighted by Gasteiger charge is 2.31. The summed E-state index contributed by atoms with van der Waals surface area (Å²) in [5.41, 5.74) is 2.97. The fourth-order valence-corrected chi connectivity index (χ4v) is 4.12. The number of piperazine rings is 1. The van der Waals surface area contributed by atoms with Crippen LogP contribution < -0.4 is 4.90 Å². The Labute approximate surface area is 173 Å². The number of aryl methyl sites for hydroxylation is 1. The summed E-state index contributed by atoms with van der Waals surface area (Å²) in [6.07, 6.45) is 1.18. The van der Waals surface area contributed by atoms with Crippen molar-refractivity contribution in [2.75, 3.05) is 32.1 Å². The number of para-hydroxylation sites is 1.